The van der Waals surface area contributed by atoms with Crippen molar-refractivity contribution in [3.05, 3.63) is 41.9 Å². The Hall–Kier alpha value is -1.69. The van der Waals surface area contributed by atoms with E-state index in [-0.39, 0.29) is 5.91 Å². The fourth-order valence-electron chi connectivity index (χ4n) is 1.54. The molecule has 0 fully saturated rings. The SMILES string of the molecule is CSCc1ccc(C(=O)NCCc2ncc[nH]2)o1. The van der Waals surface area contributed by atoms with Crippen LogP contribution in [0.5, 0.6) is 0 Å². The molecular formula is C12H15N3O2S. The van der Waals surface area contributed by atoms with Crippen molar-refractivity contribution in [3.63, 3.8) is 0 Å². The molecule has 2 aromatic heterocycles. The number of rotatable bonds is 6. The number of furan rings is 1. The first-order valence-electron chi connectivity index (χ1n) is 5.63. The molecule has 18 heavy (non-hydrogen) atoms. The summed E-state index contributed by atoms with van der Waals surface area (Å²) >= 11 is 1.66. The summed E-state index contributed by atoms with van der Waals surface area (Å²) in [4.78, 5) is 18.8. The minimum absolute atomic E-state index is 0.186. The summed E-state index contributed by atoms with van der Waals surface area (Å²) in [6.07, 6.45) is 6.12. The molecule has 0 aliphatic heterocycles. The van der Waals surface area contributed by atoms with Gasteiger partial charge in [0.2, 0.25) is 0 Å². The zero-order chi connectivity index (χ0) is 12.8. The van der Waals surface area contributed by atoms with Crippen LogP contribution in [-0.4, -0.2) is 28.7 Å². The molecule has 0 saturated heterocycles. The molecule has 0 atom stereocenters. The average Bonchev–Trinajstić information content (AvgIpc) is 3.00. The zero-order valence-corrected chi connectivity index (χ0v) is 10.9. The van der Waals surface area contributed by atoms with Gasteiger partial charge in [-0.1, -0.05) is 0 Å². The molecule has 6 heteroatoms. The Kier molecular flexibility index (Phi) is 4.46. The van der Waals surface area contributed by atoms with Gasteiger partial charge in [0.15, 0.2) is 5.76 Å². The molecule has 5 nitrogen and oxygen atoms in total. The van der Waals surface area contributed by atoms with E-state index in [0.717, 1.165) is 17.3 Å². The third-order valence-corrected chi connectivity index (χ3v) is 2.95. The van der Waals surface area contributed by atoms with Crippen molar-refractivity contribution in [2.24, 2.45) is 0 Å². The highest BCUT2D eigenvalue weighted by atomic mass is 32.2. The fraction of sp³-hybridized carbons (Fsp3) is 0.333. The molecule has 0 aliphatic carbocycles. The normalized spacial score (nSPS) is 10.5. The standard InChI is InChI=1S/C12H15N3O2S/c1-18-8-9-2-3-10(17-9)12(16)15-5-4-11-13-6-7-14-11/h2-3,6-7H,4-5,8H2,1H3,(H,13,14)(H,15,16). The number of nitrogens with zero attached hydrogens (tertiary/aromatic N) is 1. The van der Waals surface area contributed by atoms with Gasteiger partial charge in [0.05, 0.1) is 5.75 Å². The predicted molar refractivity (Wildman–Crippen MR) is 70.6 cm³/mol. The molecule has 0 spiro atoms. The summed E-state index contributed by atoms with van der Waals surface area (Å²) in [6.45, 7) is 0.533. The van der Waals surface area contributed by atoms with Gasteiger partial charge >= 0.3 is 0 Å². The summed E-state index contributed by atoms with van der Waals surface area (Å²) in [6, 6.07) is 3.53. The van der Waals surface area contributed by atoms with E-state index >= 15 is 0 Å². The lowest BCUT2D eigenvalue weighted by atomic mass is 10.3. The van der Waals surface area contributed by atoms with Crippen LogP contribution in [0, 0.1) is 0 Å². The van der Waals surface area contributed by atoms with E-state index in [1.807, 2.05) is 12.3 Å². The van der Waals surface area contributed by atoms with Crippen molar-refractivity contribution in [2.75, 3.05) is 12.8 Å². The second-order valence-electron chi connectivity index (χ2n) is 3.74. The van der Waals surface area contributed by atoms with Crippen LogP contribution in [0.4, 0.5) is 0 Å². The Morgan fingerprint density at radius 2 is 2.44 bits per heavy atom. The highest BCUT2D eigenvalue weighted by molar-refractivity contribution is 7.97. The molecule has 0 aliphatic rings. The number of nitrogens with one attached hydrogen (secondary N) is 2. The Bertz CT molecular complexity index is 493. The minimum atomic E-state index is -0.186. The minimum Gasteiger partial charge on any atom is -0.455 e. The van der Waals surface area contributed by atoms with Crippen LogP contribution in [0.1, 0.15) is 22.1 Å². The largest absolute Gasteiger partial charge is 0.455 e. The van der Waals surface area contributed by atoms with E-state index in [9.17, 15) is 4.79 Å². The predicted octanol–water partition coefficient (Wildman–Crippen LogP) is 1.84. The lowest BCUT2D eigenvalue weighted by Gasteiger charge is -2.01. The van der Waals surface area contributed by atoms with Crippen LogP contribution in [-0.2, 0) is 12.2 Å². The molecule has 1 amide bonds. The number of imidazole rings is 1. The lowest BCUT2D eigenvalue weighted by Crippen LogP contribution is -2.25. The number of amides is 1. The van der Waals surface area contributed by atoms with Gasteiger partial charge in [-0.3, -0.25) is 4.79 Å². The van der Waals surface area contributed by atoms with Crippen LogP contribution in [0.25, 0.3) is 0 Å². The van der Waals surface area contributed by atoms with E-state index in [2.05, 4.69) is 15.3 Å². The van der Waals surface area contributed by atoms with Gasteiger partial charge in [0, 0.05) is 25.4 Å². The van der Waals surface area contributed by atoms with Crippen LogP contribution < -0.4 is 5.32 Å². The number of aromatic nitrogens is 2. The van der Waals surface area contributed by atoms with Gasteiger partial charge in [-0.25, -0.2) is 4.98 Å². The van der Waals surface area contributed by atoms with Crippen LogP contribution >= 0.6 is 11.8 Å². The van der Waals surface area contributed by atoms with Gasteiger partial charge in [0.25, 0.3) is 5.91 Å². The van der Waals surface area contributed by atoms with Gasteiger partial charge < -0.3 is 14.7 Å². The second kappa shape index (κ2) is 6.30. The highest BCUT2D eigenvalue weighted by Gasteiger charge is 2.10. The van der Waals surface area contributed by atoms with Crippen LogP contribution in [0.3, 0.4) is 0 Å². The molecule has 2 rings (SSSR count). The first-order valence-corrected chi connectivity index (χ1v) is 7.03. The maximum absolute atomic E-state index is 11.7. The maximum atomic E-state index is 11.7. The number of thioether (sulfide) groups is 1. The molecule has 2 N–H and O–H groups in total. The summed E-state index contributed by atoms with van der Waals surface area (Å²) < 4.78 is 5.42. The number of H-pyrrole nitrogens is 1. The number of aromatic amines is 1. The molecule has 0 aromatic carbocycles. The molecule has 0 unspecified atom stereocenters. The van der Waals surface area contributed by atoms with E-state index in [4.69, 9.17) is 4.42 Å². The first kappa shape index (κ1) is 12.8. The average molecular weight is 265 g/mol. The number of hydrogen-bond donors (Lipinski definition) is 2. The molecule has 2 heterocycles. The van der Waals surface area contributed by atoms with Crippen molar-refractivity contribution in [3.8, 4) is 0 Å². The topological polar surface area (TPSA) is 70.9 Å². The summed E-state index contributed by atoms with van der Waals surface area (Å²) in [5.74, 6) is 2.63. The molecule has 96 valence electrons. The van der Waals surface area contributed by atoms with E-state index in [0.29, 0.717) is 18.7 Å². The zero-order valence-electron chi connectivity index (χ0n) is 10.1. The van der Waals surface area contributed by atoms with Crippen LogP contribution in [0.2, 0.25) is 0 Å². The Morgan fingerprint density at radius 1 is 1.56 bits per heavy atom. The van der Waals surface area contributed by atoms with E-state index in [1.54, 1.807) is 30.2 Å². The Morgan fingerprint density at radius 3 is 3.17 bits per heavy atom. The number of carbonyl (C=O) groups excluding carboxylic acids is 1. The summed E-state index contributed by atoms with van der Waals surface area (Å²) in [5.41, 5.74) is 0. The van der Waals surface area contributed by atoms with Gasteiger partial charge in [0.1, 0.15) is 11.6 Å². The smallest absolute Gasteiger partial charge is 0.287 e. The van der Waals surface area contributed by atoms with Gasteiger partial charge in [-0.2, -0.15) is 11.8 Å². The Labute approximate surface area is 109 Å². The van der Waals surface area contributed by atoms with Crippen molar-refractivity contribution in [2.45, 2.75) is 12.2 Å². The van der Waals surface area contributed by atoms with Crippen molar-refractivity contribution in [1.82, 2.24) is 15.3 Å². The van der Waals surface area contributed by atoms with Crippen molar-refractivity contribution in [1.29, 1.82) is 0 Å². The highest BCUT2D eigenvalue weighted by Crippen LogP contribution is 2.13. The lowest BCUT2D eigenvalue weighted by molar-refractivity contribution is 0.0925. The van der Waals surface area contributed by atoms with E-state index < -0.39 is 0 Å². The van der Waals surface area contributed by atoms with Crippen molar-refractivity contribution < 1.29 is 9.21 Å². The third-order valence-electron chi connectivity index (χ3n) is 2.37. The van der Waals surface area contributed by atoms with Gasteiger partial charge in [-0.15, -0.1) is 0 Å². The third kappa shape index (κ3) is 3.40. The summed E-state index contributed by atoms with van der Waals surface area (Å²) in [5, 5.41) is 2.79. The van der Waals surface area contributed by atoms with E-state index in [1.165, 1.54) is 0 Å². The van der Waals surface area contributed by atoms with Crippen LogP contribution in [0.15, 0.2) is 28.9 Å². The molecule has 0 radical (unpaired) electrons. The summed E-state index contributed by atoms with van der Waals surface area (Å²) in [7, 11) is 0. The van der Waals surface area contributed by atoms with Gasteiger partial charge in [-0.05, 0) is 18.4 Å². The quantitative estimate of drug-likeness (QED) is 0.836. The number of hydrogen-bond acceptors (Lipinski definition) is 4. The number of carbonyl (C=O) groups is 1. The fourth-order valence-corrected chi connectivity index (χ4v) is 1.98. The molecular weight excluding hydrogens is 250 g/mol. The Balaban J connectivity index is 1.80. The monoisotopic (exact) mass is 265 g/mol. The van der Waals surface area contributed by atoms with Crippen molar-refractivity contribution >= 4 is 17.7 Å². The molecule has 0 bridgehead atoms. The molecule has 0 saturated carbocycles. The molecule has 2 aromatic rings. The first-order chi connectivity index (χ1) is 8.79. The second-order valence-corrected chi connectivity index (χ2v) is 4.61. The maximum Gasteiger partial charge on any atom is 0.287 e.